The number of pyridine rings is 1. The quantitative estimate of drug-likeness (QED) is 0.731. The zero-order chi connectivity index (χ0) is 11.1. The number of hydrogen-bond donors (Lipinski definition) is 1. The van der Waals surface area contributed by atoms with Crippen LogP contribution in [0.1, 0.15) is 39.0 Å². The maximum Gasteiger partial charge on any atom is 0.292 e. The van der Waals surface area contributed by atoms with Gasteiger partial charge in [0.15, 0.2) is 5.75 Å². The molecule has 0 radical (unpaired) electrons. The maximum absolute atomic E-state index is 11.4. The molecule has 0 bridgehead atoms. The molecule has 0 aromatic carbocycles. The molecule has 0 saturated heterocycles. The van der Waals surface area contributed by atoms with Gasteiger partial charge in [0.2, 0.25) is 0 Å². The van der Waals surface area contributed by atoms with Gasteiger partial charge in [0.05, 0.1) is 0 Å². The molecule has 84 valence electrons. The Morgan fingerprint density at radius 2 is 2.00 bits per heavy atom. The molecule has 0 atom stereocenters. The van der Waals surface area contributed by atoms with Crippen LogP contribution in [0, 0.1) is 0 Å². The van der Waals surface area contributed by atoms with Gasteiger partial charge in [-0.2, -0.15) is 0 Å². The number of unbranched alkanes of at least 4 members (excludes halogenated alkanes) is 4. The van der Waals surface area contributed by atoms with Crippen molar-refractivity contribution in [2.75, 3.05) is 0 Å². The summed E-state index contributed by atoms with van der Waals surface area (Å²) < 4.78 is 1.57. The summed E-state index contributed by atoms with van der Waals surface area (Å²) in [5, 5.41) is 9.21. The van der Waals surface area contributed by atoms with Gasteiger partial charge in [0, 0.05) is 12.7 Å². The first-order chi connectivity index (χ1) is 7.25. The predicted molar refractivity (Wildman–Crippen MR) is 61.1 cm³/mol. The lowest BCUT2D eigenvalue weighted by atomic mass is 10.1. The molecule has 1 N–H and O–H groups in total. The highest BCUT2D eigenvalue weighted by molar-refractivity contribution is 5.14. The molecule has 3 heteroatoms. The molecule has 0 amide bonds. The lowest BCUT2D eigenvalue weighted by Gasteiger charge is -2.05. The second-order valence-electron chi connectivity index (χ2n) is 3.81. The third kappa shape index (κ3) is 3.78. The van der Waals surface area contributed by atoms with E-state index in [0.717, 1.165) is 12.8 Å². The first kappa shape index (κ1) is 11.8. The lowest BCUT2D eigenvalue weighted by Crippen LogP contribution is -2.18. The van der Waals surface area contributed by atoms with Crippen molar-refractivity contribution in [1.29, 1.82) is 0 Å². The maximum atomic E-state index is 11.4. The van der Waals surface area contributed by atoms with Gasteiger partial charge in [0.25, 0.3) is 5.56 Å². The second kappa shape index (κ2) is 6.27. The summed E-state index contributed by atoms with van der Waals surface area (Å²) in [6.45, 7) is 2.89. The van der Waals surface area contributed by atoms with E-state index in [4.69, 9.17) is 0 Å². The van der Waals surface area contributed by atoms with E-state index in [1.54, 1.807) is 16.8 Å². The average molecular weight is 209 g/mol. The van der Waals surface area contributed by atoms with Crippen molar-refractivity contribution >= 4 is 0 Å². The zero-order valence-electron chi connectivity index (χ0n) is 9.28. The van der Waals surface area contributed by atoms with E-state index >= 15 is 0 Å². The number of aromatic nitrogens is 1. The third-order valence-corrected chi connectivity index (χ3v) is 2.50. The van der Waals surface area contributed by atoms with Gasteiger partial charge >= 0.3 is 0 Å². The predicted octanol–water partition coefficient (Wildman–Crippen LogP) is 2.52. The smallest absolute Gasteiger partial charge is 0.292 e. The Kier molecular flexibility index (Phi) is 4.95. The first-order valence-corrected chi connectivity index (χ1v) is 5.64. The number of aromatic hydroxyl groups is 1. The molecule has 0 fully saturated rings. The highest BCUT2D eigenvalue weighted by Gasteiger charge is 1.99. The fourth-order valence-corrected chi connectivity index (χ4v) is 1.59. The Hall–Kier alpha value is -1.25. The minimum absolute atomic E-state index is 0.161. The minimum atomic E-state index is -0.284. The van der Waals surface area contributed by atoms with E-state index in [-0.39, 0.29) is 11.3 Å². The van der Waals surface area contributed by atoms with Crippen molar-refractivity contribution in [3.05, 3.63) is 28.7 Å². The summed E-state index contributed by atoms with van der Waals surface area (Å²) in [6, 6.07) is 3.12. The summed E-state index contributed by atoms with van der Waals surface area (Å²) in [5.41, 5.74) is -0.284. The van der Waals surface area contributed by atoms with Crippen LogP contribution in [0.15, 0.2) is 23.1 Å². The van der Waals surface area contributed by atoms with E-state index in [1.807, 2.05) is 0 Å². The standard InChI is InChI=1S/C12H19NO2/c1-2-3-4-5-6-9-13-10-7-8-11(14)12(13)15/h7-8,10,14H,2-6,9H2,1H3. The average Bonchev–Trinajstić information content (AvgIpc) is 2.24. The van der Waals surface area contributed by atoms with Gasteiger partial charge in [-0.1, -0.05) is 32.6 Å². The van der Waals surface area contributed by atoms with E-state index in [2.05, 4.69) is 6.92 Å². The number of hydrogen-bond acceptors (Lipinski definition) is 2. The van der Waals surface area contributed by atoms with Crippen LogP contribution < -0.4 is 5.56 Å². The number of rotatable bonds is 6. The molecule has 0 aliphatic heterocycles. The molecule has 0 saturated carbocycles. The van der Waals surface area contributed by atoms with Crippen LogP contribution in [-0.2, 0) is 6.54 Å². The summed E-state index contributed by atoms with van der Waals surface area (Å²) in [6.07, 6.45) is 7.59. The van der Waals surface area contributed by atoms with Crippen LogP contribution in [0.5, 0.6) is 5.75 Å². The Morgan fingerprint density at radius 1 is 1.27 bits per heavy atom. The molecular formula is C12H19NO2. The molecule has 0 aliphatic carbocycles. The van der Waals surface area contributed by atoms with Crippen molar-refractivity contribution in [3.63, 3.8) is 0 Å². The van der Waals surface area contributed by atoms with Crippen LogP contribution in [0.4, 0.5) is 0 Å². The van der Waals surface area contributed by atoms with Gasteiger partial charge in [0.1, 0.15) is 0 Å². The fourth-order valence-electron chi connectivity index (χ4n) is 1.59. The Balaban J connectivity index is 2.38. The van der Waals surface area contributed by atoms with E-state index in [9.17, 15) is 9.90 Å². The van der Waals surface area contributed by atoms with Crippen molar-refractivity contribution in [1.82, 2.24) is 4.57 Å². The highest BCUT2D eigenvalue weighted by atomic mass is 16.3. The fraction of sp³-hybridized carbons (Fsp3) is 0.583. The molecule has 0 aliphatic rings. The topological polar surface area (TPSA) is 42.2 Å². The molecule has 1 aromatic rings. The Morgan fingerprint density at radius 3 is 2.73 bits per heavy atom. The summed E-state index contributed by atoms with van der Waals surface area (Å²) in [7, 11) is 0. The monoisotopic (exact) mass is 209 g/mol. The van der Waals surface area contributed by atoms with E-state index in [1.165, 1.54) is 25.3 Å². The Labute approximate surface area is 90.4 Å². The lowest BCUT2D eigenvalue weighted by molar-refractivity contribution is 0.453. The van der Waals surface area contributed by atoms with E-state index < -0.39 is 0 Å². The molecule has 15 heavy (non-hydrogen) atoms. The van der Waals surface area contributed by atoms with Crippen LogP contribution in [0.2, 0.25) is 0 Å². The SMILES string of the molecule is CCCCCCCn1cccc(O)c1=O. The normalized spacial score (nSPS) is 10.5. The summed E-state index contributed by atoms with van der Waals surface area (Å²) in [4.78, 5) is 11.4. The van der Waals surface area contributed by atoms with Gasteiger partial charge < -0.3 is 9.67 Å². The summed E-state index contributed by atoms with van der Waals surface area (Å²) in [5.74, 6) is -0.161. The van der Waals surface area contributed by atoms with Crippen LogP contribution in [-0.4, -0.2) is 9.67 Å². The Bertz CT molecular complexity index is 344. The van der Waals surface area contributed by atoms with Crippen molar-refractivity contribution in [2.45, 2.75) is 45.6 Å². The van der Waals surface area contributed by atoms with Gasteiger partial charge in [-0.3, -0.25) is 4.79 Å². The molecule has 1 aromatic heterocycles. The first-order valence-electron chi connectivity index (χ1n) is 5.64. The molecule has 0 unspecified atom stereocenters. The zero-order valence-corrected chi connectivity index (χ0v) is 9.28. The molecule has 0 spiro atoms. The van der Waals surface area contributed by atoms with Crippen LogP contribution in [0.25, 0.3) is 0 Å². The highest BCUT2D eigenvalue weighted by Crippen LogP contribution is 2.04. The molecule has 1 rings (SSSR count). The van der Waals surface area contributed by atoms with Gasteiger partial charge in [-0.15, -0.1) is 0 Å². The van der Waals surface area contributed by atoms with Crippen molar-refractivity contribution < 1.29 is 5.11 Å². The van der Waals surface area contributed by atoms with Crippen LogP contribution >= 0.6 is 0 Å². The van der Waals surface area contributed by atoms with Crippen molar-refractivity contribution in [2.24, 2.45) is 0 Å². The molecule has 3 nitrogen and oxygen atoms in total. The van der Waals surface area contributed by atoms with Crippen molar-refractivity contribution in [3.8, 4) is 5.75 Å². The third-order valence-electron chi connectivity index (χ3n) is 2.50. The van der Waals surface area contributed by atoms with Gasteiger partial charge in [-0.25, -0.2) is 0 Å². The molecular weight excluding hydrogens is 190 g/mol. The van der Waals surface area contributed by atoms with Crippen LogP contribution in [0.3, 0.4) is 0 Å². The minimum Gasteiger partial charge on any atom is -0.503 e. The second-order valence-corrected chi connectivity index (χ2v) is 3.81. The number of nitrogens with zero attached hydrogens (tertiary/aromatic N) is 1. The molecule has 1 heterocycles. The van der Waals surface area contributed by atoms with E-state index in [0.29, 0.717) is 6.54 Å². The number of aryl methyl sites for hydroxylation is 1. The van der Waals surface area contributed by atoms with Gasteiger partial charge in [-0.05, 0) is 18.6 Å². The largest absolute Gasteiger partial charge is 0.503 e. The summed E-state index contributed by atoms with van der Waals surface area (Å²) >= 11 is 0.